The van der Waals surface area contributed by atoms with Crippen LogP contribution in [-0.4, -0.2) is 52.6 Å². The third-order valence-corrected chi connectivity index (χ3v) is 7.42. The molecule has 0 radical (unpaired) electrons. The molecule has 0 amide bonds. The van der Waals surface area contributed by atoms with Crippen molar-refractivity contribution in [2.45, 2.75) is 13.8 Å². The summed E-state index contributed by atoms with van der Waals surface area (Å²) in [4.78, 5) is 11.4. The fraction of sp³-hybridized carbons (Fsp3) is 0.316. The zero-order chi connectivity index (χ0) is 18.3. The first kappa shape index (κ1) is 22.7. The van der Waals surface area contributed by atoms with Crippen LogP contribution in [0.5, 0.6) is 11.5 Å². The molecule has 2 aromatic rings. The van der Waals surface area contributed by atoms with E-state index in [1.165, 1.54) is 14.2 Å². The molecule has 26 heavy (non-hydrogen) atoms. The van der Waals surface area contributed by atoms with Crippen LogP contribution in [0.2, 0.25) is 0 Å². The van der Waals surface area contributed by atoms with Crippen molar-refractivity contribution in [1.82, 2.24) is 0 Å². The van der Waals surface area contributed by atoms with Crippen molar-refractivity contribution in [2.24, 2.45) is 0 Å². The van der Waals surface area contributed by atoms with E-state index in [1.54, 1.807) is 0 Å². The number of carbonyl (C=O) groups is 1. The number of hydrogen-bond acceptors (Lipinski definition) is 5. The molecule has 7 heteroatoms. The summed E-state index contributed by atoms with van der Waals surface area (Å²) in [6.45, 7) is 4.89. The van der Waals surface area contributed by atoms with Gasteiger partial charge < -0.3 is 0 Å². The molecule has 138 valence electrons. The van der Waals surface area contributed by atoms with Crippen LogP contribution in [0.4, 0.5) is 0 Å². The summed E-state index contributed by atoms with van der Waals surface area (Å²) >= 11 is 0. The first-order valence-corrected chi connectivity index (χ1v) is 10.0. The van der Waals surface area contributed by atoms with E-state index in [1.807, 2.05) is 56.3 Å². The molecule has 0 bridgehead atoms. The van der Waals surface area contributed by atoms with Crippen molar-refractivity contribution in [3.8, 4) is 11.5 Å². The zero-order valence-electron chi connectivity index (χ0n) is 15.1. The Labute approximate surface area is 167 Å². The minimum atomic E-state index is -2.95. The van der Waals surface area contributed by atoms with Gasteiger partial charge in [-0.1, -0.05) is 0 Å². The van der Waals surface area contributed by atoms with E-state index in [4.69, 9.17) is 18.5 Å². The number of rotatable bonds is 9. The van der Waals surface area contributed by atoms with Gasteiger partial charge in [-0.25, -0.2) is 0 Å². The van der Waals surface area contributed by atoms with Gasteiger partial charge in [-0.15, -0.1) is 0 Å². The van der Waals surface area contributed by atoms with Crippen LogP contribution >= 0.6 is 7.72 Å². The Morgan fingerprint density at radius 1 is 0.885 bits per heavy atom. The van der Waals surface area contributed by atoms with Gasteiger partial charge in [0.1, 0.15) is 0 Å². The standard InChI is InChI=1S/C19H25O5P.Li.H/c1-5-23-25(24-6-2,15-10-8-7-9-11-15)16-12-18(21-3)17(14-20)19(13-16)22-4;;/h7-14,25H,5-6H2,1-4H3;;. The fourth-order valence-electron chi connectivity index (χ4n) is 2.85. The quantitative estimate of drug-likeness (QED) is 0.385. The maximum absolute atomic E-state index is 11.4. The van der Waals surface area contributed by atoms with Crippen LogP contribution < -0.4 is 20.1 Å². The van der Waals surface area contributed by atoms with E-state index < -0.39 is 7.72 Å². The molecule has 0 unspecified atom stereocenters. The molecule has 0 aliphatic rings. The molecule has 2 aromatic carbocycles. The topological polar surface area (TPSA) is 54.0 Å². The van der Waals surface area contributed by atoms with Gasteiger partial charge in [0.05, 0.1) is 0 Å². The summed E-state index contributed by atoms with van der Waals surface area (Å²) in [5.74, 6) is 0.883. The van der Waals surface area contributed by atoms with E-state index >= 15 is 0 Å². The van der Waals surface area contributed by atoms with Gasteiger partial charge in [0.25, 0.3) is 0 Å². The number of carbonyl (C=O) groups excluding carboxylic acids is 1. The minimum absolute atomic E-state index is 0. The van der Waals surface area contributed by atoms with Crippen molar-refractivity contribution in [1.29, 1.82) is 0 Å². The first-order chi connectivity index (χ1) is 12.2. The molecular formula is C19H26LiO5P. The van der Waals surface area contributed by atoms with Gasteiger partial charge in [0.15, 0.2) is 0 Å². The summed E-state index contributed by atoms with van der Waals surface area (Å²) in [6.07, 6.45) is 0.731. The van der Waals surface area contributed by atoms with Crippen LogP contribution in [0, 0.1) is 0 Å². The summed E-state index contributed by atoms with van der Waals surface area (Å²) in [7, 11) is 0.0982. The number of ether oxygens (including phenoxy) is 2. The molecule has 0 heterocycles. The average Bonchev–Trinajstić information content (AvgIpc) is 2.67. The van der Waals surface area contributed by atoms with Gasteiger partial charge in [-0.05, 0) is 0 Å². The molecule has 0 saturated heterocycles. The third-order valence-electron chi connectivity index (χ3n) is 3.89. The molecule has 0 N–H and O–H groups in total. The van der Waals surface area contributed by atoms with E-state index in [0.717, 1.165) is 16.9 Å². The van der Waals surface area contributed by atoms with Crippen molar-refractivity contribution >= 4 is 43.5 Å². The third kappa shape index (κ3) is 4.49. The summed E-state index contributed by atoms with van der Waals surface area (Å²) in [6, 6.07) is 13.5. The predicted octanol–water partition coefficient (Wildman–Crippen LogP) is 2.47. The molecule has 0 aliphatic heterocycles. The average molecular weight is 372 g/mol. The number of aldehydes is 1. The van der Waals surface area contributed by atoms with E-state index in [-0.39, 0.29) is 18.9 Å². The van der Waals surface area contributed by atoms with Gasteiger partial charge in [0, 0.05) is 0 Å². The molecule has 0 fully saturated rings. The van der Waals surface area contributed by atoms with Crippen LogP contribution in [0.1, 0.15) is 24.2 Å². The second-order valence-corrected chi connectivity index (χ2v) is 8.23. The first-order valence-electron chi connectivity index (χ1n) is 8.21. The van der Waals surface area contributed by atoms with E-state index in [9.17, 15) is 4.79 Å². The Morgan fingerprint density at radius 3 is 1.77 bits per heavy atom. The second kappa shape index (κ2) is 10.7. The van der Waals surface area contributed by atoms with Crippen LogP contribution in [0.15, 0.2) is 42.5 Å². The number of methoxy groups -OCH3 is 2. The summed E-state index contributed by atoms with van der Waals surface area (Å²) < 4.78 is 23.3. The Kier molecular flexibility index (Phi) is 9.36. The van der Waals surface area contributed by atoms with Crippen LogP contribution in [0.3, 0.4) is 0 Å². The Morgan fingerprint density at radius 2 is 1.38 bits per heavy atom. The molecule has 0 spiro atoms. The zero-order valence-corrected chi connectivity index (χ0v) is 16.1. The number of benzene rings is 2. The van der Waals surface area contributed by atoms with Crippen LogP contribution in [0.25, 0.3) is 0 Å². The molecule has 0 atom stereocenters. The Balaban J connectivity index is 0.00000338. The van der Waals surface area contributed by atoms with Gasteiger partial charge in [-0.2, -0.15) is 0 Å². The Hall–Kier alpha value is -1.34. The SMILES string of the molecule is CCO[PH](OCC)(c1ccccc1)c1cc(OC)c(C=O)c(OC)c1.[LiH]. The molecule has 0 aromatic heterocycles. The van der Waals surface area contributed by atoms with Crippen molar-refractivity contribution in [3.05, 3.63) is 48.0 Å². The predicted molar refractivity (Wildman–Crippen MR) is 109 cm³/mol. The summed E-state index contributed by atoms with van der Waals surface area (Å²) in [5, 5.41) is 1.82. The maximum atomic E-state index is 11.4. The monoisotopic (exact) mass is 372 g/mol. The van der Waals surface area contributed by atoms with Crippen molar-refractivity contribution in [2.75, 3.05) is 27.4 Å². The Bertz CT molecular complexity index is 677. The molecule has 5 nitrogen and oxygen atoms in total. The second-order valence-electron chi connectivity index (χ2n) is 5.26. The normalized spacial score (nSPS) is 11.4. The summed E-state index contributed by atoms with van der Waals surface area (Å²) in [5.41, 5.74) is 0.373. The molecule has 0 saturated carbocycles. The van der Waals surface area contributed by atoms with Gasteiger partial charge in [0.2, 0.25) is 0 Å². The molecule has 2 rings (SSSR count). The number of hydrogen-bond donors (Lipinski definition) is 0. The molecular weight excluding hydrogens is 346 g/mol. The van der Waals surface area contributed by atoms with E-state index in [0.29, 0.717) is 30.3 Å². The van der Waals surface area contributed by atoms with E-state index in [2.05, 4.69) is 0 Å². The van der Waals surface area contributed by atoms with Crippen LogP contribution in [-0.2, 0) is 9.05 Å². The molecule has 0 aliphatic carbocycles. The van der Waals surface area contributed by atoms with Crippen molar-refractivity contribution in [3.63, 3.8) is 0 Å². The van der Waals surface area contributed by atoms with Gasteiger partial charge in [-0.3, -0.25) is 0 Å². The van der Waals surface area contributed by atoms with Gasteiger partial charge >= 0.3 is 168 Å². The fourth-order valence-corrected chi connectivity index (χ4v) is 6.02. The van der Waals surface area contributed by atoms with Crippen molar-refractivity contribution < 1.29 is 23.3 Å².